The topological polar surface area (TPSA) is 59.6 Å². The van der Waals surface area contributed by atoms with Gasteiger partial charge in [0.15, 0.2) is 0 Å². The van der Waals surface area contributed by atoms with Gasteiger partial charge in [-0.1, -0.05) is 6.92 Å². The maximum Gasteiger partial charge on any atom is 0.220 e. The summed E-state index contributed by atoms with van der Waals surface area (Å²) in [6.45, 7) is 5.64. The van der Waals surface area contributed by atoms with E-state index in [-0.39, 0.29) is 11.9 Å². The number of benzene rings is 1. The SMILES string of the molecule is CCN[C@H](C)CNC(=O)CCc1cc(OC)ccc1OC. The van der Waals surface area contributed by atoms with E-state index in [1.54, 1.807) is 14.2 Å². The van der Waals surface area contributed by atoms with Gasteiger partial charge in [0.25, 0.3) is 0 Å². The van der Waals surface area contributed by atoms with Crippen molar-refractivity contribution in [2.45, 2.75) is 32.7 Å². The van der Waals surface area contributed by atoms with Crippen LogP contribution in [0.5, 0.6) is 11.5 Å². The van der Waals surface area contributed by atoms with E-state index in [0.29, 0.717) is 19.4 Å². The van der Waals surface area contributed by atoms with Crippen LogP contribution in [-0.2, 0) is 11.2 Å². The van der Waals surface area contributed by atoms with E-state index in [1.807, 2.05) is 25.1 Å². The number of ether oxygens (including phenoxy) is 2. The summed E-state index contributed by atoms with van der Waals surface area (Å²) in [6, 6.07) is 5.90. The molecule has 0 radical (unpaired) electrons. The van der Waals surface area contributed by atoms with Gasteiger partial charge in [-0.2, -0.15) is 0 Å². The van der Waals surface area contributed by atoms with Crippen LogP contribution in [0.2, 0.25) is 0 Å². The van der Waals surface area contributed by atoms with Gasteiger partial charge in [-0.15, -0.1) is 0 Å². The molecular weight excluding hydrogens is 268 g/mol. The third-order valence-electron chi connectivity index (χ3n) is 3.27. The third kappa shape index (κ3) is 6.04. The van der Waals surface area contributed by atoms with Crippen molar-refractivity contribution in [3.8, 4) is 11.5 Å². The van der Waals surface area contributed by atoms with Crippen molar-refractivity contribution in [3.63, 3.8) is 0 Å². The molecule has 1 aromatic carbocycles. The Morgan fingerprint density at radius 1 is 1.29 bits per heavy atom. The van der Waals surface area contributed by atoms with Gasteiger partial charge in [0.05, 0.1) is 14.2 Å². The second-order valence-electron chi connectivity index (χ2n) is 4.94. The van der Waals surface area contributed by atoms with Crippen LogP contribution in [0.1, 0.15) is 25.8 Å². The molecule has 5 nitrogen and oxygen atoms in total. The van der Waals surface area contributed by atoms with Crippen LogP contribution >= 0.6 is 0 Å². The number of aryl methyl sites for hydroxylation is 1. The summed E-state index contributed by atoms with van der Waals surface area (Å²) in [5.41, 5.74) is 0.978. The number of rotatable bonds is 9. The first kappa shape index (κ1) is 17.3. The smallest absolute Gasteiger partial charge is 0.220 e. The van der Waals surface area contributed by atoms with Gasteiger partial charge >= 0.3 is 0 Å². The van der Waals surface area contributed by atoms with Crippen LogP contribution in [0.4, 0.5) is 0 Å². The molecule has 0 aliphatic carbocycles. The largest absolute Gasteiger partial charge is 0.497 e. The Kier molecular flexibility index (Phi) is 7.61. The molecule has 0 aliphatic rings. The minimum absolute atomic E-state index is 0.0460. The predicted molar refractivity (Wildman–Crippen MR) is 84.0 cm³/mol. The Morgan fingerprint density at radius 3 is 2.67 bits per heavy atom. The molecule has 0 saturated carbocycles. The van der Waals surface area contributed by atoms with Gasteiger partial charge in [0.2, 0.25) is 5.91 Å². The standard InChI is InChI=1S/C16H26N2O3/c1-5-17-12(2)11-18-16(19)9-6-13-10-14(20-3)7-8-15(13)21-4/h7-8,10,12,17H,5-6,9,11H2,1-4H3,(H,18,19)/t12-/m1/s1. The molecular formula is C16H26N2O3. The number of nitrogens with one attached hydrogen (secondary N) is 2. The Balaban J connectivity index is 2.48. The number of hydrogen-bond donors (Lipinski definition) is 2. The Labute approximate surface area is 127 Å². The van der Waals surface area contributed by atoms with Gasteiger partial charge in [-0.05, 0) is 43.7 Å². The van der Waals surface area contributed by atoms with Gasteiger partial charge in [0.1, 0.15) is 11.5 Å². The molecule has 0 aromatic heterocycles. The average molecular weight is 294 g/mol. The maximum absolute atomic E-state index is 11.9. The van der Waals surface area contributed by atoms with Crippen molar-refractivity contribution in [1.29, 1.82) is 0 Å². The fourth-order valence-electron chi connectivity index (χ4n) is 2.10. The quantitative estimate of drug-likeness (QED) is 0.728. The molecule has 21 heavy (non-hydrogen) atoms. The van der Waals surface area contributed by atoms with Gasteiger partial charge < -0.3 is 20.1 Å². The molecule has 2 N–H and O–H groups in total. The summed E-state index contributed by atoms with van der Waals surface area (Å²) in [6.07, 6.45) is 1.06. The summed E-state index contributed by atoms with van der Waals surface area (Å²) in [5.74, 6) is 1.60. The lowest BCUT2D eigenvalue weighted by Crippen LogP contribution is -2.38. The molecule has 0 aliphatic heterocycles. The zero-order chi connectivity index (χ0) is 15.7. The average Bonchev–Trinajstić information content (AvgIpc) is 2.50. The minimum atomic E-state index is 0.0460. The summed E-state index contributed by atoms with van der Waals surface area (Å²) in [5, 5.41) is 6.19. The van der Waals surface area contributed by atoms with Crippen molar-refractivity contribution in [1.82, 2.24) is 10.6 Å². The van der Waals surface area contributed by atoms with Gasteiger partial charge in [-0.25, -0.2) is 0 Å². The maximum atomic E-state index is 11.9. The lowest BCUT2D eigenvalue weighted by Gasteiger charge is -2.14. The first-order valence-corrected chi connectivity index (χ1v) is 7.31. The lowest BCUT2D eigenvalue weighted by molar-refractivity contribution is -0.121. The fraction of sp³-hybridized carbons (Fsp3) is 0.562. The van der Waals surface area contributed by atoms with Crippen molar-refractivity contribution in [2.24, 2.45) is 0 Å². The van der Waals surface area contributed by atoms with Crippen molar-refractivity contribution in [3.05, 3.63) is 23.8 Å². The molecule has 118 valence electrons. The molecule has 5 heteroatoms. The summed E-state index contributed by atoms with van der Waals surface area (Å²) in [7, 11) is 3.25. The zero-order valence-electron chi connectivity index (χ0n) is 13.4. The number of methoxy groups -OCH3 is 2. The van der Waals surface area contributed by atoms with E-state index < -0.39 is 0 Å². The number of carbonyl (C=O) groups excluding carboxylic acids is 1. The van der Waals surface area contributed by atoms with E-state index in [1.165, 1.54) is 0 Å². The van der Waals surface area contributed by atoms with Crippen LogP contribution in [0.15, 0.2) is 18.2 Å². The van der Waals surface area contributed by atoms with E-state index >= 15 is 0 Å². The molecule has 0 unspecified atom stereocenters. The monoisotopic (exact) mass is 294 g/mol. The van der Waals surface area contributed by atoms with Crippen LogP contribution < -0.4 is 20.1 Å². The molecule has 1 rings (SSSR count). The second-order valence-corrected chi connectivity index (χ2v) is 4.94. The highest BCUT2D eigenvalue weighted by Crippen LogP contribution is 2.24. The highest BCUT2D eigenvalue weighted by molar-refractivity contribution is 5.76. The van der Waals surface area contributed by atoms with E-state index in [9.17, 15) is 4.79 Å². The highest BCUT2D eigenvalue weighted by Gasteiger charge is 2.09. The Bertz CT molecular complexity index is 449. The van der Waals surface area contributed by atoms with Crippen LogP contribution in [0, 0.1) is 0 Å². The molecule has 1 aromatic rings. The fourth-order valence-corrected chi connectivity index (χ4v) is 2.10. The van der Waals surface area contributed by atoms with Crippen LogP contribution in [-0.4, -0.2) is 39.3 Å². The first-order valence-electron chi connectivity index (χ1n) is 7.31. The van der Waals surface area contributed by atoms with Crippen molar-refractivity contribution >= 4 is 5.91 Å². The minimum Gasteiger partial charge on any atom is -0.497 e. The molecule has 0 heterocycles. The van der Waals surface area contributed by atoms with E-state index in [0.717, 1.165) is 23.6 Å². The number of amides is 1. The third-order valence-corrected chi connectivity index (χ3v) is 3.27. The zero-order valence-corrected chi connectivity index (χ0v) is 13.4. The van der Waals surface area contributed by atoms with E-state index in [2.05, 4.69) is 17.6 Å². The molecule has 1 amide bonds. The first-order chi connectivity index (χ1) is 10.1. The molecule has 0 saturated heterocycles. The summed E-state index contributed by atoms with van der Waals surface area (Å²) >= 11 is 0. The van der Waals surface area contributed by atoms with Crippen LogP contribution in [0.3, 0.4) is 0 Å². The van der Waals surface area contributed by atoms with Crippen LogP contribution in [0.25, 0.3) is 0 Å². The van der Waals surface area contributed by atoms with Crippen molar-refractivity contribution < 1.29 is 14.3 Å². The summed E-state index contributed by atoms with van der Waals surface area (Å²) < 4.78 is 10.5. The van der Waals surface area contributed by atoms with Gasteiger partial charge in [-0.3, -0.25) is 4.79 Å². The molecule has 0 spiro atoms. The Morgan fingerprint density at radius 2 is 2.05 bits per heavy atom. The second kappa shape index (κ2) is 9.23. The number of likely N-dealkylation sites (N-methyl/N-ethyl adjacent to an activating group) is 1. The molecule has 0 bridgehead atoms. The van der Waals surface area contributed by atoms with Crippen molar-refractivity contribution in [2.75, 3.05) is 27.3 Å². The van der Waals surface area contributed by atoms with Gasteiger partial charge in [0, 0.05) is 19.0 Å². The summed E-state index contributed by atoms with van der Waals surface area (Å²) in [4.78, 5) is 11.9. The number of carbonyl (C=O) groups is 1. The lowest BCUT2D eigenvalue weighted by atomic mass is 10.1. The van der Waals surface area contributed by atoms with E-state index in [4.69, 9.17) is 9.47 Å². The molecule has 1 atom stereocenters. The normalized spacial score (nSPS) is 11.8. The predicted octanol–water partition coefficient (Wildman–Crippen LogP) is 1.75. The highest BCUT2D eigenvalue weighted by atomic mass is 16.5. The Hall–Kier alpha value is -1.75. The number of hydrogen-bond acceptors (Lipinski definition) is 4. The molecule has 0 fully saturated rings.